The van der Waals surface area contributed by atoms with E-state index in [0.717, 1.165) is 11.4 Å². The molecule has 0 aliphatic heterocycles. The molecule has 0 radical (unpaired) electrons. The van der Waals surface area contributed by atoms with Crippen LogP contribution in [0.4, 0.5) is 5.82 Å². The van der Waals surface area contributed by atoms with Crippen LogP contribution < -0.4 is 10.6 Å². The molecular formula is C20H22N4O. The van der Waals surface area contributed by atoms with Crippen molar-refractivity contribution in [1.82, 2.24) is 9.78 Å². The van der Waals surface area contributed by atoms with Gasteiger partial charge in [-0.25, -0.2) is 0 Å². The highest BCUT2D eigenvalue weighted by atomic mass is 16.2. The minimum absolute atomic E-state index is 0.0735. The Morgan fingerprint density at radius 2 is 1.72 bits per heavy atom. The zero-order valence-electron chi connectivity index (χ0n) is 14.2. The van der Waals surface area contributed by atoms with E-state index in [1.807, 2.05) is 61.6 Å². The zero-order valence-corrected chi connectivity index (χ0v) is 14.2. The smallest absolute Gasteiger partial charge is 0.259 e. The number of aryl methyl sites for hydroxylation is 1. The normalized spacial score (nSPS) is 11.9. The van der Waals surface area contributed by atoms with Crippen molar-refractivity contribution in [3.8, 4) is 0 Å². The summed E-state index contributed by atoms with van der Waals surface area (Å²) in [6.45, 7) is 0.360. The number of carbonyl (C=O) groups excluding carboxylic acids is 1. The molecule has 2 aromatic carbocycles. The Labute approximate surface area is 147 Å². The van der Waals surface area contributed by atoms with Crippen molar-refractivity contribution < 1.29 is 4.79 Å². The fraction of sp³-hybridized carbons (Fsp3) is 0.200. The molecule has 1 heterocycles. The first-order valence-corrected chi connectivity index (χ1v) is 8.31. The molecule has 128 valence electrons. The van der Waals surface area contributed by atoms with Gasteiger partial charge in [-0.1, -0.05) is 48.5 Å². The maximum atomic E-state index is 13.2. The summed E-state index contributed by atoms with van der Waals surface area (Å²) in [5, 5.41) is 4.22. The summed E-state index contributed by atoms with van der Waals surface area (Å²) in [7, 11) is 1.83. The molecule has 0 saturated heterocycles. The van der Waals surface area contributed by atoms with Crippen LogP contribution in [0.1, 0.15) is 15.9 Å². The van der Waals surface area contributed by atoms with E-state index in [4.69, 9.17) is 5.73 Å². The molecule has 5 heteroatoms. The molecule has 1 aromatic heterocycles. The quantitative estimate of drug-likeness (QED) is 0.754. The maximum absolute atomic E-state index is 13.2. The van der Waals surface area contributed by atoms with Crippen LogP contribution in [0.25, 0.3) is 0 Å². The molecule has 1 unspecified atom stereocenters. The monoisotopic (exact) mass is 334 g/mol. The topological polar surface area (TPSA) is 64.2 Å². The van der Waals surface area contributed by atoms with Crippen molar-refractivity contribution in [2.45, 2.75) is 12.5 Å². The van der Waals surface area contributed by atoms with Gasteiger partial charge in [0, 0.05) is 25.2 Å². The van der Waals surface area contributed by atoms with E-state index < -0.39 is 0 Å². The van der Waals surface area contributed by atoms with Crippen LogP contribution in [-0.4, -0.2) is 28.3 Å². The molecule has 0 fully saturated rings. The van der Waals surface area contributed by atoms with Crippen molar-refractivity contribution in [3.05, 3.63) is 84.1 Å². The third-order valence-electron chi connectivity index (χ3n) is 4.23. The highest BCUT2D eigenvalue weighted by Gasteiger charge is 2.27. The van der Waals surface area contributed by atoms with Gasteiger partial charge in [0.2, 0.25) is 0 Å². The van der Waals surface area contributed by atoms with Crippen LogP contribution >= 0.6 is 0 Å². The zero-order chi connectivity index (χ0) is 17.6. The summed E-state index contributed by atoms with van der Waals surface area (Å²) in [5.41, 5.74) is 7.85. The van der Waals surface area contributed by atoms with Gasteiger partial charge in [0.15, 0.2) is 0 Å². The van der Waals surface area contributed by atoms with Crippen LogP contribution in [-0.2, 0) is 13.5 Å². The lowest BCUT2D eigenvalue weighted by Crippen LogP contribution is -2.47. The van der Waals surface area contributed by atoms with Crippen LogP contribution in [0.15, 0.2) is 72.9 Å². The van der Waals surface area contributed by atoms with Crippen molar-refractivity contribution in [1.29, 1.82) is 0 Å². The molecule has 0 bridgehead atoms. The number of benzene rings is 2. The lowest BCUT2D eigenvalue weighted by molar-refractivity contribution is 0.0975. The molecule has 0 spiro atoms. The molecule has 5 nitrogen and oxygen atoms in total. The van der Waals surface area contributed by atoms with E-state index in [1.54, 1.807) is 15.8 Å². The van der Waals surface area contributed by atoms with Crippen molar-refractivity contribution in [2.75, 3.05) is 11.4 Å². The Morgan fingerprint density at radius 1 is 1.08 bits per heavy atom. The van der Waals surface area contributed by atoms with Gasteiger partial charge >= 0.3 is 0 Å². The van der Waals surface area contributed by atoms with Crippen molar-refractivity contribution in [3.63, 3.8) is 0 Å². The third-order valence-corrected chi connectivity index (χ3v) is 4.23. The van der Waals surface area contributed by atoms with E-state index in [1.165, 1.54) is 0 Å². The van der Waals surface area contributed by atoms with E-state index in [-0.39, 0.29) is 11.9 Å². The average molecular weight is 334 g/mol. The number of amides is 1. The van der Waals surface area contributed by atoms with Gasteiger partial charge in [0.1, 0.15) is 5.82 Å². The molecule has 0 aliphatic rings. The fourth-order valence-corrected chi connectivity index (χ4v) is 2.95. The van der Waals surface area contributed by atoms with Crippen molar-refractivity contribution >= 4 is 11.7 Å². The largest absolute Gasteiger partial charge is 0.328 e. The minimum Gasteiger partial charge on any atom is -0.328 e. The second-order valence-electron chi connectivity index (χ2n) is 5.93. The number of anilines is 1. The van der Waals surface area contributed by atoms with Crippen molar-refractivity contribution in [2.24, 2.45) is 12.8 Å². The molecule has 0 saturated carbocycles. The molecule has 2 N–H and O–H groups in total. The number of rotatable bonds is 6. The van der Waals surface area contributed by atoms with Crippen LogP contribution in [0.3, 0.4) is 0 Å². The van der Waals surface area contributed by atoms with Gasteiger partial charge in [0.25, 0.3) is 5.91 Å². The van der Waals surface area contributed by atoms with E-state index in [0.29, 0.717) is 18.5 Å². The second kappa shape index (κ2) is 7.77. The highest BCUT2D eigenvalue weighted by molar-refractivity contribution is 6.06. The number of nitrogens with zero attached hydrogens (tertiary/aromatic N) is 3. The van der Waals surface area contributed by atoms with Gasteiger partial charge in [-0.2, -0.15) is 5.10 Å². The van der Waals surface area contributed by atoms with Gasteiger partial charge in [-0.3, -0.25) is 14.4 Å². The lowest BCUT2D eigenvalue weighted by Gasteiger charge is -2.31. The van der Waals surface area contributed by atoms with Gasteiger partial charge < -0.3 is 5.73 Å². The molecule has 1 amide bonds. The van der Waals surface area contributed by atoms with Crippen LogP contribution in [0.2, 0.25) is 0 Å². The molecule has 25 heavy (non-hydrogen) atoms. The SMILES string of the molecule is Cn1nccc1N(C(=O)c1ccccc1)C(CN)Cc1ccccc1. The Hall–Kier alpha value is -2.92. The van der Waals surface area contributed by atoms with E-state index in [9.17, 15) is 4.79 Å². The molecule has 1 atom stereocenters. The molecule has 3 aromatic rings. The summed E-state index contributed by atoms with van der Waals surface area (Å²) in [4.78, 5) is 15.0. The highest BCUT2D eigenvalue weighted by Crippen LogP contribution is 2.21. The predicted molar refractivity (Wildman–Crippen MR) is 99.4 cm³/mol. The number of hydrogen-bond donors (Lipinski definition) is 1. The van der Waals surface area contributed by atoms with E-state index >= 15 is 0 Å². The number of nitrogens with two attached hydrogens (primary N) is 1. The van der Waals surface area contributed by atoms with Gasteiger partial charge in [-0.15, -0.1) is 0 Å². The fourth-order valence-electron chi connectivity index (χ4n) is 2.95. The van der Waals surface area contributed by atoms with Crippen LogP contribution in [0.5, 0.6) is 0 Å². The Balaban J connectivity index is 1.98. The minimum atomic E-state index is -0.162. The first kappa shape index (κ1) is 16.9. The first-order chi connectivity index (χ1) is 12.2. The summed E-state index contributed by atoms with van der Waals surface area (Å²) in [6.07, 6.45) is 2.37. The third kappa shape index (κ3) is 3.78. The molecule has 0 aliphatic carbocycles. The summed E-state index contributed by atoms with van der Waals surface area (Å²) in [6, 6.07) is 21.0. The second-order valence-corrected chi connectivity index (χ2v) is 5.93. The number of aromatic nitrogens is 2. The summed E-state index contributed by atoms with van der Waals surface area (Å²) < 4.78 is 1.70. The number of hydrogen-bond acceptors (Lipinski definition) is 3. The van der Waals surface area contributed by atoms with Gasteiger partial charge in [-0.05, 0) is 24.1 Å². The first-order valence-electron chi connectivity index (χ1n) is 8.31. The predicted octanol–water partition coefficient (Wildman–Crippen LogP) is 2.64. The number of carbonyl (C=O) groups is 1. The summed E-state index contributed by atoms with van der Waals surface area (Å²) >= 11 is 0. The maximum Gasteiger partial charge on any atom is 0.259 e. The average Bonchev–Trinajstić information content (AvgIpc) is 3.08. The molecule has 3 rings (SSSR count). The van der Waals surface area contributed by atoms with E-state index in [2.05, 4.69) is 17.2 Å². The van der Waals surface area contributed by atoms with Crippen LogP contribution in [0, 0.1) is 0 Å². The lowest BCUT2D eigenvalue weighted by atomic mass is 10.0. The standard InChI is InChI=1S/C20H22N4O/c1-23-19(12-13-22-23)24(20(25)17-10-6-3-7-11-17)18(15-21)14-16-8-4-2-5-9-16/h2-13,18H,14-15,21H2,1H3. The molecular weight excluding hydrogens is 312 g/mol. The Morgan fingerprint density at radius 3 is 2.28 bits per heavy atom. The van der Waals surface area contributed by atoms with Gasteiger partial charge in [0.05, 0.1) is 12.2 Å². The Bertz CT molecular complexity index is 814. The Kier molecular flexibility index (Phi) is 5.26. The summed E-state index contributed by atoms with van der Waals surface area (Å²) in [5.74, 6) is 0.663.